The highest BCUT2D eigenvalue weighted by molar-refractivity contribution is 7.26. The molecule has 0 aliphatic carbocycles. The number of aromatic nitrogens is 3. The molecule has 0 unspecified atom stereocenters. The molecule has 0 aliphatic heterocycles. The van der Waals surface area contributed by atoms with Crippen molar-refractivity contribution < 1.29 is 0 Å². The van der Waals surface area contributed by atoms with Crippen LogP contribution < -0.4 is 0 Å². The molecule has 0 saturated carbocycles. The number of rotatable bonds is 4. The highest BCUT2D eigenvalue weighted by Crippen LogP contribution is 2.43. The average Bonchev–Trinajstić information content (AvgIpc) is 3.37. The molecule has 3 nitrogen and oxygen atoms in total. The van der Waals surface area contributed by atoms with E-state index in [1.54, 1.807) is 0 Å². The lowest BCUT2D eigenvalue weighted by Gasteiger charge is -2.09. The Morgan fingerprint density at radius 3 is 1.54 bits per heavy atom. The fourth-order valence-corrected chi connectivity index (χ4v) is 6.07. The third-order valence-electron chi connectivity index (χ3n) is 6.55. The van der Waals surface area contributed by atoms with E-state index in [1.807, 2.05) is 72.0 Å². The van der Waals surface area contributed by atoms with Gasteiger partial charge in [0, 0.05) is 36.9 Å². The van der Waals surface area contributed by atoms with Gasteiger partial charge in [-0.15, -0.1) is 11.3 Å². The lowest BCUT2D eigenvalue weighted by molar-refractivity contribution is 1.08. The average molecular weight is 492 g/mol. The second-order valence-electron chi connectivity index (χ2n) is 8.87. The molecular formula is C33H21N3S. The van der Waals surface area contributed by atoms with Gasteiger partial charge < -0.3 is 0 Å². The zero-order chi connectivity index (χ0) is 24.6. The van der Waals surface area contributed by atoms with Crippen LogP contribution in [0.1, 0.15) is 0 Å². The second kappa shape index (κ2) is 9.08. The van der Waals surface area contributed by atoms with Crippen LogP contribution in [0.3, 0.4) is 0 Å². The van der Waals surface area contributed by atoms with Crippen LogP contribution in [-0.4, -0.2) is 15.0 Å². The first-order valence-electron chi connectivity index (χ1n) is 12.2. The lowest BCUT2D eigenvalue weighted by atomic mass is 10.0. The van der Waals surface area contributed by atoms with Crippen LogP contribution in [0.2, 0.25) is 0 Å². The van der Waals surface area contributed by atoms with E-state index in [9.17, 15) is 0 Å². The molecule has 5 aromatic carbocycles. The van der Waals surface area contributed by atoms with Crippen molar-refractivity contribution in [2.24, 2.45) is 0 Å². The standard InChI is InChI=1S/C33H21N3S/c1-4-12-22(13-5-1)25-18-10-19-26-29-27(20-11-21-28(29)37-30(25)26)33-35-31(23-14-6-2-7-15-23)34-32(36-33)24-16-8-3-9-17-24/h1-21H. The van der Waals surface area contributed by atoms with Gasteiger partial charge in [-0.05, 0) is 17.2 Å². The van der Waals surface area contributed by atoms with Crippen LogP contribution in [0.25, 0.3) is 65.5 Å². The van der Waals surface area contributed by atoms with Gasteiger partial charge in [0.05, 0.1) is 0 Å². The number of benzene rings is 5. The monoisotopic (exact) mass is 491 g/mol. The Morgan fingerprint density at radius 2 is 0.919 bits per heavy atom. The molecule has 0 bridgehead atoms. The Hall–Kier alpha value is -4.67. The first kappa shape index (κ1) is 21.6. The summed E-state index contributed by atoms with van der Waals surface area (Å²) in [4.78, 5) is 14.9. The summed E-state index contributed by atoms with van der Waals surface area (Å²) in [6.07, 6.45) is 0. The number of nitrogens with zero attached hydrogens (tertiary/aromatic N) is 3. The molecule has 0 atom stereocenters. The van der Waals surface area contributed by atoms with Crippen LogP contribution in [0, 0.1) is 0 Å². The van der Waals surface area contributed by atoms with Gasteiger partial charge in [0.1, 0.15) is 0 Å². The van der Waals surface area contributed by atoms with E-state index in [1.165, 1.54) is 31.3 Å². The van der Waals surface area contributed by atoms with E-state index >= 15 is 0 Å². The molecule has 0 N–H and O–H groups in total. The van der Waals surface area contributed by atoms with Crippen LogP contribution in [0.5, 0.6) is 0 Å². The molecule has 2 aromatic heterocycles. The summed E-state index contributed by atoms with van der Waals surface area (Å²) in [5, 5.41) is 2.41. The number of hydrogen-bond acceptors (Lipinski definition) is 4. The Balaban J connectivity index is 1.50. The fraction of sp³-hybridized carbons (Fsp3) is 0. The van der Waals surface area contributed by atoms with Gasteiger partial charge in [0.25, 0.3) is 0 Å². The van der Waals surface area contributed by atoms with Gasteiger partial charge in [-0.25, -0.2) is 15.0 Å². The number of fused-ring (bicyclic) bond motifs is 3. The van der Waals surface area contributed by atoms with Gasteiger partial charge in [0.2, 0.25) is 0 Å². The van der Waals surface area contributed by atoms with Crippen molar-refractivity contribution in [2.75, 3.05) is 0 Å². The largest absolute Gasteiger partial charge is 0.208 e. The molecule has 0 spiro atoms. The maximum atomic E-state index is 5.00. The zero-order valence-electron chi connectivity index (χ0n) is 19.9. The van der Waals surface area contributed by atoms with Gasteiger partial charge in [-0.3, -0.25) is 0 Å². The third-order valence-corrected chi connectivity index (χ3v) is 7.75. The van der Waals surface area contributed by atoms with E-state index < -0.39 is 0 Å². The quantitative estimate of drug-likeness (QED) is 0.247. The van der Waals surface area contributed by atoms with Gasteiger partial charge in [0.15, 0.2) is 17.5 Å². The third kappa shape index (κ3) is 3.88. The molecule has 7 rings (SSSR count). The van der Waals surface area contributed by atoms with Crippen molar-refractivity contribution >= 4 is 31.5 Å². The fourth-order valence-electron chi connectivity index (χ4n) is 4.81. The van der Waals surface area contributed by atoms with E-state index in [-0.39, 0.29) is 0 Å². The minimum atomic E-state index is 0.672. The van der Waals surface area contributed by atoms with Gasteiger partial charge >= 0.3 is 0 Å². The summed E-state index contributed by atoms with van der Waals surface area (Å²) < 4.78 is 2.50. The highest BCUT2D eigenvalue weighted by Gasteiger charge is 2.18. The summed E-state index contributed by atoms with van der Waals surface area (Å²) in [5.41, 5.74) is 5.43. The number of hydrogen-bond donors (Lipinski definition) is 0. The smallest absolute Gasteiger partial charge is 0.164 e. The van der Waals surface area contributed by atoms with Crippen molar-refractivity contribution in [2.45, 2.75) is 0 Å². The molecule has 0 aliphatic rings. The number of thiophene rings is 1. The highest BCUT2D eigenvalue weighted by atomic mass is 32.1. The van der Waals surface area contributed by atoms with Crippen LogP contribution in [0.4, 0.5) is 0 Å². The molecule has 7 aromatic rings. The van der Waals surface area contributed by atoms with Gasteiger partial charge in [-0.2, -0.15) is 0 Å². The molecule has 174 valence electrons. The molecule has 0 amide bonds. The van der Waals surface area contributed by atoms with E-state index in [0.29, 0.717) is 17.5 Å². The molecular weight excluding hydrogens is 470 g/mol. The maximum Gasteiger partial charge on any atom is 0.164 e. The summed E-state index contributed by atoms with van der Waals surface area (Å²) >= 11 is 1.82. The molecule has 0 fully saturated rings. The topological polar surface area (TPSA) is 38.7 Å². The Morgan fingerprint density at radius 1 is 0.405 bits per heavy atom. The predicted molar refractivity (Wildman–Crippen MR) is 154 cm³/mol. The lowest BCUT2D eigenvalue weighted by Crippen LogP contribution is -2.00. The first-order chi connectivity index (χ1) is 18.3. The minimum Gasteiger partial charge on any atom is -0.208 e. The van der Waals surface area contributed by atoms with Crippen molar-refractivity contribution in [3.63, 3.8) is 0 Å². The summed E-state index contributed by atoms with van der Waals surface area (Å²) in [6, 6.07) is 43.8. The molecule has 0 saturated heterocycles. The maximum absolute atomic E-state index is 5.00. The van der Waals surface area contributed by atoms with Gasteiger partial charge in [-0.1, -0.05) is 121 Å². The molecule has 2 heterocycles. The van der Waals surface area contributed by atoms with E-state index in [2.05, 4.69) is 66.7 Å². The summed E-state index contributed by atoms with van der Waals surface area (Å²) in [7, 11) is 0. The molecule has 4 heteroatoms. The van der Waals surface area contributed by atoms with Crippen molar-refractivity contribution in [1.82, 2.24) is 15.0 Å². The Labute approximate surface area is 218 Å². The van der Waals surface area contributed by atoms with E-state index in [4.69, 9.17) is 15.0 Å². The summed E-state index contributed by atoms with van der Waals surface area (Å²) in [5.74, 6) is 2.03. The van der Waals surface area contributed by atoms with Crippen LogP contribution in [-0.2, 0) is 0 Å². The SMILES string of the molecule is c1ccc(-c2nc(-c3ccccc3)nc(-c3cccc4sc5c(-c6ccccc6)cccc5c34)n2)cc1. The Bertz CT molecular complexity index is 1800. The van der Waals surface area contributed by atoms with Crippen LogP contribution >= 0.6 is 11.3 Å². The minimum absolute atomic E-state index is 0.672. The predicted octanol–water partition coefficient (Wildman–Crippen LogP) is 8.91. The molecule has 0 radical (unpaired) electrons. The van der Waals surface area contributed by atoms with E-state index in [0.717, 1.165) is 16.7 Å². The normalized spacial score (nSPS) is 11.2. The molecule has 37 heavy (non-hydrogen) atoms. The zero-order valence-corrected chi connectivity index (χ0v) is 20.7. The van der Waals surface area contributed by atoms with Crippen molar-refractivity contribution in [3.05, 3.63) is 127 Å². The summed E-state index contributed by atoms with van der Waals surface area (Å²) in [6.45, 7) is 0. The van der Waals surface area contributed by atoms with Crippen molar-refractivity contribution in [1.29, 1.82) is 0 Å². The first-order valence-corrected chi connectivity index (χ1v) is 13.0. The Kier molecular flexibility index (Phi) is 5.30. The van der Waals surface area contributed by atoms with Crippen LogP contribution in [0.15, 0.2) is 127 Å². The van der Waals surface area contributed by atoms with Crippen molar-refractivity contribution in [3.8, 4) is 45.3 Å². The second-order valence-corrected chi connectivity index (χ2v) is 9.92.